The maximum atomic E-state index is 13.9. The van der Waals surface area contributed by atoms with Crippen LogP contribution in [0.25, 0.3) is 0 Å². The van der Waals surface area contributed by atoms with E-state index in [1.807, 2.05) is 37.3 Å². The molecule has 1 atom stereocenters. The highest BCUT2D eigenvalue weighted by Gasteiger charge is 2.24. The fourth-order valence-corrected chi connectivity index (χ4v) is 2.47. The molecule has 2 aromatic rings. The van der Waals surface area contributed by atoms with Crippen molar-refractivity contribution in [3.63, 3.8) is 0 Å². The molecule has 20 heavy (non-hydrogen) atoms. The molecule has 0 aliphatic rings. The van der Waals surface area contributed by atoms with E-state index in [2.05, 4.69) is 15.9 Å². The van der Waals surface area contributed by atoms with Gasteiger partial charge in [-0.05, 0) is 40.0 Å². The van der Waals surface area contributed by atoms with Gasteiger partial charge in [-0.1, -0.05) is 37.3 Å². The third kappa shape index (κ3) is 2.96. The number of benzene rings is 2. The monoisotopic (exact) mass is 338 g/mol. The summed E-state index contributed by atoms with van der Waals surface area (Å²) >= 11 is 2.90. The molecular formula is C16H13BrF2O. The molecule has 2 rings (SSSR count). The lowest BCUT2D eigenvalue weighted by molar-refractivity contribution is 0.0953. The summed E-state index contributed by atoms with van der Waals surface area (Å²) < 4.78 is 27.4. The largest absolute Gasteiger partial charge is 0.293 e. The zero-order valence-electron chi connectivity index (χ0n) is 10.9. The first-order valence-corrected chi connectivity index (χ1v) is 7.07. The van der Waals surface area contributed by atoms with Crippen molar-refractivity contribution >= 4 is 21.7 Å². The Morgan fingerprint density at radius 3 is 2.40 bits per heavy atom. The quantitative estimate of drug-likeness (QED) is 0.559. The topological polar surface area (TPSA) is 17.1 Å². The van der Waals surface area contributed by atoms with Gasteiger partial charge in [0.1, 0.15) is 11.6 Å². The Bertz CT molecular complexity index is 626. The van der Waals surface area contributed by atoms with Crippen molar-refractivity contribution in [3.8, 4) is 0 Å². The number of hydrogen-bond acceptors (Lipinski definition) is 1. The summed E-state index contributed by atoms with van der Waals surface area (Å²) in [5.74, 6) is -2.22. The van der Waals surface area contributed by atoms with E-state index in [9.17, 15) is 13.6 Å². The molecule has 1 nitrogen and oxygen atoms in total. The Labute approximate surface area is 124 Å². The van der Waals surface area contributed by atoms with Crippen molar-refractivity contribution in [2.75, 3.05) is 0 Å². The van der Waals surface area contributed by atoms with Crippen LogP contribution in [-0.4, -0.2) is 5.78 Å². The SMILES string of the molecule is CCC(C(=O)c1cc(F)c(Br)cc1F)c1ccccc1. The third-order valence-corrected chi connectivity index (χ3v) is 3.81. The fourth-order valence-electron chi connectivity index (χ4n) is 2.16. The zero-order valence-corrected chi connectivity index (χ0v) is 12.5. The van der Waals surface area contributed by atoms with Crippen molar-refractivity contribution in [2.24, 2.45) is 0 Å². The summed E-state index contributed by atoms with van der Waals surface area (Å²) in [5.41, 5.74) is 0.601. The van der Waals surface area contributed by atoms with Gasteiger partial charge in [0.05, 0.1) is 10.0 Å². The second kappa shape index (κ2) is 6.27. The smallest absolute Gasteiger partial charge is 0.173 e. The van der Waals surface area contributed by atoms with Gasteiger partial charge < -0.3 is 0 Å². The highest BCUT2D eigenvalue weighted by Crippen LogP contribution is 2.27. The minimum atomic E-state index is -0.711. The number of rotatable bonds is 4. The van der Waals surface area contributed by atoms with Crippen molar-refractivity contribution in [1.82, 2.24) is 0 Å². The average molecular weight is 339 g/mol. The van der Waals surface area contributed by atoms with Gasteiger partial charge in [-0.2, -0.15) is 0 Å². The Morgan fingerprint density at radius 1 is 1.15 bits per heavy atom. The molecule has 0 fully saturated rings. The van der Waals surface area contributed by atoms with Crippen molar-refractivity contribution < 1.29 is 13.6 Å². The van der Waals surface area contributed by atoms with Gasteiger partial charge in [0.15, 0.2) is 5.78 Å². The van der Waals surface area contributed by atoms with E-state index >= 15 is 0 Å². The number of halogens is 3. The Balaban J connectivity index is 2.42. The predicted octanol–water partition coefficient (Wildman–Crippen LogP) is 5.10. The molecular weight excluding hydrogens is 326 g/mol. The average Bonchev–Trinajstić information content (AvgIpc) is 2.44. The van der Waals surface area contributed by atoms with E-state index < -0.39 is 23.3 Å². The normalized spacial score (nSPS) is 12.2. The number of hydrogen-bond donors (Lipinski definition) is 0. The second-order valence-corrected chi connectivity index (χ2v) is 5.34. The molecule has 0 aromatic heterocycles. The molecule has 4 heteroatoms. The maximum absolute atomic E-state index is 13.9. The molecule has 104 valence electrons. The van der Waals surface area contributed by atoms with Crippen LogP contribution in [0, 0.1) is 11.6 Å². The summed E-state index contributed by atoms with van der Waals surface area (Å²) in [6.45, 7) is 1.85. The van der Waals surface area contributed by atoms with Crippen LogP contribution in [0.1, 0.15) is 35.2 Å². The van der Waals surface area contributed by atoms with Gasteiger partial charge in [0.25, 0.3) is 0 Å². The van der Waals surface area contributed by atoms with Crippen molar-refractivity contribution in [2.45, 2.75) is 19.3 Å². The predicted molar refractivity (Wildman–Crippen MR) is 77.9 cm³/mol. The van der Waals surface area contributed by atoms with E-state index in [1.165, 1.54) is 0 Å². The number of ketones is 1. The lowest BCUT2D eigenvalue weighted by atomic mass is 9.88. The van der Waals surface area contributed by atoms with Crippen LogP contribution >= 0.6 is 15.9 Å². The molecule has 0 saturated heterocycles. The fraction of sp³-hybridized carbons (Fsp3) is 0.188. The molecule has 0 spiro atoms. The van der Waals surface area contributed by atoms with Gasteiger partial charge in [0.2, 0.25) is 0 Å². The van der Waals surface area contributed by atoms with E-state index in [4.69, 9.17) is 0 Å². The van der Waals surface area contributed by atoms with Crippen LogP contribution < -0.4 is 0 Å². The molecule has 0 aliphatic heterocycles. The van der Waals surface area contributed by atoms with Gasteiger partial charge in [-0.25, -0.2) is 8.78 Å². The minimum Gasteiger partial charge on any atom is -0.293 e. The molecule has 1 unspecified atom stereocenters. The third-order valence-electron chi connectivity index (χ3n) is 3.20. The summed E-state index contributed by atoms with van der Waals surface area (Å²) in [7, 11) is 0. The van der Waals surface area contributed by atoms with Crippen LogP contribution in [0.3, 0.4) is 0 Å². The zero-order chi connectivity index (χ0) is 14.7. The Kier molecular flexibility index (Phi) is 4.65. The van der Waals surface area contributed by atoms with Gasteiger partial charge in [-0.15, -0.1) is 0 Å². The van der Waals surface area contributed by atoms with Crippen LogP contribution in [-0.2, 0) is 0 Å². The Morgan fingerprint density at radius 2 is 1.80 bits per heavy atom. The van der Waals surface area contributed by atoms with E-state index in [1.54, 1.807) is 0 Å². The molecule has 0 radical (unpaired) electrons. The number of Topliss-reactive ketones (excluding diaryl/α,β-unsaturated/α-hetero) is 1. The van der Waals surface area contributed by atoms with E-state index in [0.29, 0.717) is 6.42 Å². The number of carbonyl (C=O) groups excluding carboxylic acids is 1. The first kappa shape index (κ1) is 14.9. The standard InChI is InChI=1S/C16H13BrF2O/c1-2-11(10-6-4-3-5-7-10)16(20)12-8-15(19)13(17)9-14(12)18/h3-9,11H,2H2,1H3. The van der Waals surface area contributed by atoms with Crippen molar-refractivity contribution in [3.05, 3.63) is 69.7 Å². The first-order chi connectivity index (χ1) is 9.54. The second-order valence-electron chi connectivity index (χ2n) is 4.48. The lowest BCUT2D eigenvalue weighted by Gasteiger charge is -2.15. The van der Waals surface area contributed by atoms with Gasteiger partial charge in [-0.3, -0.25) is 4.79 Å². The summed E-state index contributed by atoms with van der Waals surface area (Å²) in [6, 6.07) is 11.1. The summed E-state index contributed by atoms with van der Waals surface area (Å²) in [6.07, 6.45) is 0.528. The summed E-state index contributed by atoms with van der Waals surface area (Å²) in [4.78, 5) is 12.4. The van der Waals surface area contributed by atoms with Gasteiger partial charge in [0, 0.05) is 5.92 Å². The summed E-state index contributed by atoms with van der Waals surface area (Å²) in [5, 5.41) is 0. The molecule has 0 N–H and O–H groups in total. The molecule has 0 aliphatic carbocycles. The lowest BCUT2D eigenvalue weighted by Crippen LogP contribution is -2.14. The maximum Gasteiger partial charge on any atom is 0.173 e. The number of carbonyl (C=O) groups is 1. The van der Waals surface area contributed by atoms with Crippen LogP contribution in [0.15, 0.2) is 46.9 Å². The molecule has 2 aromatic carbocycles. The molecule has 0 amide bonds. The van der Waals surface area contributed by atoms with E-state index in [0.717, 1.165) is 17.7 Å². The van der Waals surface area contributed by atoms with Crippen LogP contribution in [0.4, 0.5) is 8.78 Å². The molecule has 0 bridgehead atoms. The van der Waals surface area contributed by atoms with E-state index in [-0.39, 0.29) is 10.0 Å². The molecule has 0 heterocycles. The highest BCUT2D eigenvalue weighted by atomic mass is 79.9. The first-order valence-electron chi connectivity index (χ1n) is 6.28. The van der Waals surface area contributed by atoms with Crippen LogP contribution in [0.5, 0.6) is 0 Å². The minimum absolute atomic E-state index is 0.0132. The highest BCUT2D eigenvalue weighted by molar-refractivity contribution is 9.10. The van der Waals surface area contributed by atoms with Crippen LogP contribution in [0.2, 0.25) is 0 Å². The Hall–Kier alpha value is -1.55. The van der Waals surface area contributed by atoms with Gasteiger partial charge >= 0.3 is 0 Å². The molecule has 0 saturated carbocycles. The van der Waals surface area contributed by atoms with Crippen molar-refractivity contribution in [1.29, 1.82) is 0 Å².